The first-order chi connectivity index (χ1) is 12.9. The van der Waals surface area contributed by atoms with E-state index < -0.39 is 5.97 Å². The number of phenols is 1. The molecule has 0 saturated carbocycles. The Balaban J connectivity index is 2.36. The van der Waals surface area contributed by atoms with Gasteiger partial charge >= 0.3 is 5.97 Å². The van der Waals surface area contributed by atoms with Crippen LogP contribution >= 0.6 is 0 Å². The Kier molecular flexibility index (Phi) is 10.9. The van der Waals surface area contributed by atoms with Gasteiger partial charge in [0, 0.05) is 6.42 Å². The Bertz CT molecular complexity index is 637. The molecule has 0 aliphatic heterocycles. The molecular formula is C22H33NO4. The minimum Gasteiger partial charge on any atom is -0.508 e. The third-order valence-corrected chi connectivity index (χ3v) is 4.54. The van der Waals surface area contributed by atoms with Gasteiger partial charge in [-0.3, -0.25) is 4.79 Å². The van der Waals surface area contributed by atoms with Gasteiger partial charge in [-0.15, -0.1) is 0 Å². The fraction of sp³-hybridized carbons (Fsp3) is 0.545. The molecule has 0 radical (unpaired) electrons. The number of unbranched alkanes of at least 4 members (excludes halogenated alkanes) is 8. The average molecular weight is 376 g/mol. The number of amides is 1. The highest BCUT2D eigenvalue weighted by molar-refractivity contribution is 5.96. The van der Waals surface area contributed by atoms with Crippen molar-refractivity contribution >= 4 is 18.0 Å². The van der Waals surface area contributed by atoms with Crippen LogP contribution in [-0.2, 0) is 9.59 Å². The van der Waals surface area contributed by atoms with E-state index in [1.54, 1.807) is 19.1 Å². The summed E-state index contributed by atoms with van der Waals surface area (Å²) in [6.07, 6.45) is 12.2. The SMILES string of the molecule is CCCCCCCCCCCC(=O)N/C(=C/c1ccc(O)c(C)c1)C(=O)O. The molecule has 150 valence electrons. The van der Waals surface area contributed by atoms with E-state index in [1.165, 1.54) is 50.7 Å². The Morgan fingerprint density at radius 1 is 1.00 bits per heavy atom. The van der Waals surface area contributed by atoms with Crippen LogP contribution in [0.1, 0.15) is 82.3 Å². The average Bonchev–Trinajstić information content (AvgIpc) is 2.62. The van der Waals surface area contributed by atoms with Crippen molar-refractivity contribution in [3.05, 3.63) is 35.0 Å². The van der Waals surface area contributed by atoms with E-state index in [2.05, 4.69) is 12.2 Å². The van der Waals surface area contributed by atoms with Crippen LogP contribution in [0.3, 0.4) is 0 Å². The van der Waals surface area contributed by atoms with Crippen molar-refractivity contribution in [3.63, 3.8) is 0 Å². The van der Waals surface area contributed by atoms with Crippen molar-refractivity contribution in [2.75, 3.05) is 0 Å². The van der Waals surface area contributed by atoms with Gasteiger partial charge in [0.25, 0.3) is 0 Å². The third kappa shape index (κ3) is 9.83. The molecule has 0 atom stereocenters. The predicted octanol–water partition coefficient (Wildman–Crippen LogP) is 5.16. The molecule has 0 bridgehead atoms. The molecule has 3 N–H and O–H groups in total. The normalized spacial score (nSPS) is 11.4. The summed E-state index contributed by atoms with van der Waals surface area (Å²) in [5, 5.41) is 21.3. The minimum absolute atomic E-state index is 0.151. The van der Waals surface area contributed by atoms with Crippen LogP contribution in [0.2, 0.25) is 0 Å². The molecule has 0 spiro atoms. The topological polar surface area (TPSA) is 86.6 Å². The Labute approximate surface area is 162 Å². The monoisotopic (exact) mass is 375 g/mol. The zero-order valence-corrected chi connectivity index (χ0v) is 16.6. The second kappa shape index (κ2) is 13.0. The van der Waals surface area contributed by atoms with Crippen LogP contribution in [0.4, 0.5) is 0 Å². The van der Waals surface area contributed by atoms with Crippen LogP contribution in [0.25, 0.3) is 6.08 Å². The number of rotatable bonds is 13. The summed E-state index contributed by atoms with van der Waals surface area (Å²) in [6, 6.07) is 4.79. The molecule has 0 aliphatic carbocycles. The summed E-state index contributed by atoms with van der Waals surface area (Å²) >= 11 is 0. The molecule has 0 saturated heterocycles. The molecule has 1 rings (SSSR count). The summed E-state index contributed by atoms with van der Waals surface area (Å²) in [7, 11) is 0. The molecule has 1 amide bonds. The first-order valence-electron chi connectivity index (χ1n) is 9.98. The van der Waals surface area contributed by atoms with Crippen molar-refractivity contribution in [1.29, 1.82) is 0 Å². The number of carboxylic acid groups (broad SMARTS) is 1. The van der Waals surface area contributed by atoms with Crippen molar-refractivity contribution < 1.29 is 19.8 Å². The lowest BCUT2D eigenvalue weighted by Crippen LogP contribution is -2.26. The molecule has 5 heteroatoms. The van der Waals surface area contributed by atoms with Crippen molar-refractivity contribution in [3.8, 4) is 5.75 Å². The van der Waals surface area contributed by atoms with Crippen LogP contribution in [0.5, 0.6) is 5.75 Å². The number of hydrogen-bond donors (Lipinski definition) is 3. The van der Waals surface area contributed by atoms with Crippen LogP contribution in [0.15, 0.2) is 23.9 Å². The van der Waals surface area contributed by atoms with E-state index in [4.69, 9.17) is 0 Å². The van der Waals surface area contributed by atoms with E-state index in [0.717, 1.165) is 19.3 Å². The maximum atomic E-state index is 12.0. The zero-order valence-electron chi connectivity index (χ0n) is 16.6. The summed E-state index contributed by atoms with van der Waals surface area (Å²) in [5.74, 6) is -1.30. The van der Waals surface area contributed by atoms with Crippen LogP contribution in [-0.4, -0.2) is 22.1 Å². The zero-order chi connectivity index (χ0) is 20.1. The molecule has 0 aromatic heterocycles. The molecule has 0 aliphatic rings. The van der Waals surface area contributed by atoms with Gasteiger partial charge in [-0.2, -0.15) is 0 Å². The van der Waals surface area contributed by atoms with E-state index >= 15 is 0 Å². The van der Waals surface area contributed by atoms with Gasteiger partial charge in [-0.1, -0.05) is 64.4 Å². The fourth-order valence-corrected chi connectivity index (χ4v) is 2.90. The summed E-state index contributed by atoms with van der Waals surface area (Å²) in [6.45, 7) is 3.94. The summed E-state index contributed by atoms with van der Waals surface area (Å²) in [5.41, 5.74) is 1.11. The first-order valence-corrected chi connectivity index (χ1v) is 9.98. The van der Waals surface area contributed by atoms with Crippen molar-refractivity contribution in [2.24, 2.45) is 0 Å². The number of aryl methyl sites for hydroxylation is 1. The highest BCUT2D eigenvalue weighted by Gasteiger charge is 2.12. The number of benzene rings is 1. The van der Waals surface area contributed by atoms with Gasteiger partial charge < -0.3 is 15.5 Å². The quantitative estimate of drug-likeness (QED) is 0.328. The first kappa shape index (κ1) is 22.7. The second-order valence-corrected chi connectivity index (χ2v) is 7.04. The van der Waals surface area contributed by atoms with E-state index in [-0.39, 0.29) is 17.4 Å². The lowest BCUT2D eigenvalue weighted by molar-refractivity contribution is -0.134. The van der Waals surface area contributed by atoms with Gasteiger partial charge in [-0.05, 0) is 42.7 Å². The molecular weight excluding hydrogens is 342 g/mol. The number of carbonyl (C=O) groups excluding carboxylic acids is 1. The summed E-state index contributed by atoms with van der Waals surface area (Å²) < 4.78 is 0. The number of phenolic OH excluding ortho intramolecular Hbond substituents is 1. The Hall–Kier alpha value is -2.30. The highest BCUT2D eigenvalue weighted by Crippen LogP contribution is 2.18. The van der Waals surface area contributed by atoms with Gasteiger partial charge in [0.05, 0.1) is 0 Å². The maximum Gasteiger partial charge on any atom is 0.352 e. The van der Waals surface area contributed by atoms with Gasteiger partial charge in [0.1, 0.15) is 11.4 Å². The number of carboxylic acids is 1. The van der Waals surface area contributed by atoms with Gasteiger partial charge in [-0.25, -0.2) is 4.79 Å². The van der Waals surface area contributed by atoms with Crippen LogP contribution < -0.4 is 5.32 Å². The molecule has 1 aromatic rings. The largest absolute Gasteiger partial charge is 0.508 e. The number of nitrogens with one attached hydrogen (secondary N) is 1. The summed E-state index contributed by atoms with van der Waals surface area (Å²) in [4.78, 5) is 23.4. The number of aliphatic carboxylic acids is 1. The lowest BCUT2D eigenvalue weighted by atomic mass is 10.1. The number of hydrogen-bond acceptors (Lipinski definition) is 3. The minimum atomic E-state index is -1.18. The maximum absolute atomic E-state index is 12.0. The van der Waals surface area contributed by atoms with Crippen molar-refractivity contribution in [1.82, 2.24) is 5.32 Å². The third-order valence-electron chi connectivity index (χ3n) is 4.54. The predicted molar refractivity (Wildman–Crippen MR) is 108 cm³/mol. The number of carbonyl (C=O) groups is 2. The second-order valence-electron chi connectivity index (χ2n) is 7.04. The van der Waals surface area contributed by atoms with E-state index in [0.29, 0.717) is 17.5 Å². The Morgan fingerprint density at radius 2 is 1.59 bits per heavy atom. The molecule has 0 unspecified atom stereocenters. The van der Waals surface area contributed by atoms with E-state index in [9.17, 15) is 19.8 Å². The van der Waals surface area contributed by atoms with Crippen molar-refractivity contribution in [2.45, 2.75) is 78.1 Å². The lowest BCUT2D eigenvalue weighted by Gasteiger charge is -2.07. The highest BCUT2D eigenvalue weighted by atomic mass is 16.4. The Morgan fingerprint density at radius 3 is 2.15 bits per heavy atom. The number of aromatic hydroxyl groups is 1. The molecule has 27 heavy (non-hydrogen) atoms. The van der Waals surface area contributed by atoms with Gasteiger partial charge in [0.15, 0.2) is 0 Å². The molecule has 5 nitrogen and oxygen atoms in total. The van der Waals surface area contributed by atoms with E-state index in [1.807, 2.05) is 0 Å². The fourth-order valence-electron chi connectivity index (χ4n) is 2.90. The molecule has 1 aromatic carbocycles. The van der Waals surface area contributed by atoms with Gasteiger partial charge in [0.2, 0.25) is 5.91 Å². The smallest absolute Gasteiger partial charge is 0.352 e. The van der Waals surface area contributed by atoms with Crippen LogP contribution in [0, 0.1) is 6.92 Å². The molecule has 0 fully saturated rings. The molecule has 0 heterocycles. The standard InChI is InChI=1S/C22H33NO4/c1-3-4-5-6-7-8-9-10-11-12-21(25)23-19(22(26)27)16-18-13-14-20(24)17(2)15-18/h13-16,24H,3-12H2,1-2H3,(H,23,25)(H,26,27)/b19-16+.